The van der Waals surface area contributed by atoms with Crippen molar-refractivity contribution < 1.29 is 44.3 Å². The summed E-state index contributed by atoms with van der Waals surface area (Å²) in [6, 6.07) is 10.8. The lowest BCUT2D eigenvalue weighted by Crippen LogP contribution is -2.27. The Morgan fingerprint density at radius 2 is 1.05 bits per heavy atom. The zero-order valence-electron chi connectivity index (χ0n) is 21.5. The Balaban J connectivity index is 0.00000103. The van der Waals surface area contributed by atoms with Gasteiger partial charge in [0.25, 0.3) is 0 Å². The maximum absolute atomic E-state index is 13.5. The van der Waals surface area contributed by atoms with Crippen LogP contribution in [0.5, 0.6) is 0 Å². The van der Waals surface area contributed by atoms with Gasteiger partial charge in [-0.1, -0.05) is 51.1 Å². The number of rotatable bonds is 4. The van der Waals surface area contributed by atoms with Gasteiger partial charge in [0.05, 0.1) is 23.2 Å². The molecule has 216 valence electrons. The molecule has 0 saturated carbocycles. The summed E-state index contributed by atoms with van der Waals surface area (Å²) in [7, 11) is -1.89. The number of ether oxygens (including phenoxy) is 1. The van der Waals surface area contributed by atoms with Crippen LogP contribution in [0.2, 0.25) is 0 Å². The summed E-state index contributed by atoms with van der Waals surface area (Å²) < 4.78 is 124. The number of aliphatic imine (C=N–C) groups is 1. The lowest BCUT2D eigenvalue weighted by molar-refractivity contribution is -0.138. The van der Waals surface area contributed by atoms with Crippen LogP contribution in [0.3, 0.4) is 0 Å². The molecule has 0 radical (unpaired) electrons. The summed E-state index contributed by atoms with van der Waals surface area (Å²) in [4.78, 5) is 4.09. The van der Waals surface area contributed by atoms with Crippen LogP contribution in [0.4, 0.5) is 39.5 Å². The molecule has 0 aliphatic carbocycles. The average molecular weight is 593 g/mol. The van der Waals surface area contributed by atoms with Crippen LogP contribution in [-0.4, -0.2) is 19.0 Å². The van der Waals surface area contributed by atoms with Gasteiger partial charge in [0.15, 0.2) is 0 Å². The highest BCUT2D eigenvalue weighted by atomic mass is 31.1. The van der Waals surface area contributed by atoms with Crippen LogP contribution in [0.15, 0.2) is 71.7 Å². The molecule has 0 unspecified atom stereocenters. The molecular weight excluding hydrogens is 568 g/mol. The van der Waals surface area contributed by atoms with Gasteiger partial charge in [0.1, 0.15) is 6.61 Å². The van der Waals surface area contributed by atoms with Crippen molar-refractivity contribution in [1.29, 1.82) is 0 Å². The molecule has 3 aromatic carbocycles. The molecule has 1 aliphatic rings. The molecule has 1 heterocycles. The summed E-state index contributed by atoms with van der Waals surface area (Å²) in [6.07, 6.45) is -13.9. The molecule has 0 N–H and O–H groups in total. The summed E-state index contributed by atoms with van der Waals surface area (Å²) in [5.41, 5.74) is -2.89. The first-order chi connectivity index (χ1) is 18.5. The molecule has 0 aromatic heterocycles. The molecule has 0 fully saturated rings. The predicted octanol–water partition coefficient (Wildman–Crippen LogP) is 7.94. The quantitative estimate of drug-likeness (QED) is 0.222. The first-order valence-corrected chi connectivity index (χ1v) is 13.4. The Kier molecular flexibility index (Phi) is 9.60. The lowest BCUT2D eigenvalue weighted by Gasteiger charge is -2.24. The zero-order valence-corrected chi connectivity index (χ0v) is 22.4. The SMILES string of the molecule is CC(C)C.FC(F)(F)c1ccc(P(c2ccc(C(F)(F)F)cc2)c2ccc(C(F)(F)F)cc2C2=NCCO2)cc1. The first kappa shape index (κ1) is 31.5. The topological polar surface area (TPSA) is 21.6 Å². The molecule has 4 rings (SSSR count). The molecular formula is C28H25F9NOP. The molecule has 2 nitrogen and oxygen atoms in total. The molecule has 0 amide bonds. The fraction of sp³-hybridized carbons (Fsp3) is 0.321. The van der Waals surface area contributed by atoms with Gasteiger partial charge in [-0.3, -0.25) is 0 Å². The highest BCUT2D eigenvalue weighted by Gasteiger charge is 2.35. The molecule has 0 atom stereocenters. The number of hydrogen-bond acceptors (Lipinski definition) is 2. The largest absolute Gasteiger partial charge is 0.475 e. The van der Waals surface area contributed by atoms with Gasteiger partial charge >= 0.3 is 18.5 Å². The maximum atomic E-state index is 13.5. The molecule has 3 aromatic rings. The highest BCUT2D eigenvalue weighted by Crippen LogP contribution is 2.39. The van der Waals surface area contributed by atoms with Gasteiger partial charge in [0.2, 0.25) is 5.90 Å². The van der Waals surface area contributed by atoms with Crippen molar-refractivity contribution in [3.63, 3.8) is 0 Å². The summed E-state index contributed by atoms with van der Waals surface area (Å²) >= 11 is 0. The number of halogens is 9. The van der Waals surface area contributed by atoms with E-state index in [0.29, 0.717) is 0 Å². The van der Waals surface area contributed by atoms with Crippen molar-refractivity contribution in [3.8, 4) is 0 Å². The van der Waals surface area contributed by atoms with E-state index in [2.05, 4.69) is 25.8 Å². The molecule has 12 heteroatoms. The zero-order chi connectivity index (χ0) is 29.9. The Bertz CT molecular complexity index is 1250. The molecule has 40 heavy (non-hydrogen) atoms. The van der Waals surface area contributed by atoms with E-state index in [1.807, 2.05) is 0 Å². The van der Waals surface area contributed by atoms with Gasteiger partial charge in [-0.05, 0) is 66.2 Å². The maximum Gasteiger partial charge on any atom is 0.416 e. The fourth-order valence-electron chi connectivity index (χ4n) is 3.60. The van der Waals surface area contributed by atoms with Crippen molar-refractivity contribution in [2.75, 3.05) is 13.2 Å². The minimum atomic E-state index is -4.70. The Morgan fingerprint density at radius 3 is 1.40 bits per heavy atom. The third-order valence-corrected chi connectivity index (χ3v) is 7.79. The van der Waals surface area contributed by atoms with E-state index in [1.165, 1.54) is 30.3 Å². The molecule has 0 bridgehead atoms. The van der Waals surface area contributed by atoms with Crippen LogP contribution in [-0.2, 0) is 23.3 Å². The number of benzene rings is 3. The number of hydrogen-bond donors (Lipinski definition) is 0. The summed E-state index contributed by atoms with van der Waals surface area (Å²) in [5.74, 6) is 0.766. The Morgan fingerprint density at radius 1 is 0.650 bits per heavy atom. The van der Waals surface area contributed by atoms with Crippen LogP contribution in [0, 0.1) is 5.92 Å². The van der Waals surface area contributed by atoms with Crippen LogP contribution in [0.25, 0.3) is 0 Å². The second-order valence-corrected chi connectivity index (χ2v) is 11.6. The Labute approximate surface area is 226 Å². The highest BCUT2D eigenvalue weighted by molar-refractivity contribution is 7.80. The van der Waals surface area contributed by atoms with Crippen LogP contribution >= 0.6 is 7.92 Å². The van der Waals surface area contributed by atoms with Crippen molar-refractivity contribution in [1.82, 2.24) is 0 Å². The third-order valence-electron chi connectivity index (χ3n) is 5.29. The van der Waals surface area contributed by atoms with E-state index in [9.17, 15) is 39.5 Å². The molecule has 0 spiro atoms. The summed E-state index contributed by atoms with van der Waals surface area (Å²) in [6.45, 7) is 6.83. The van der Waals surface area contributed by atoms with E-state index in [0.717, 1.165) is 42.3 Å². The van der Waals surface area contributed by atoms with E-state index in [-0.39, 0.29) is 40.5 Å². The van der Waals surface area contributed by atoms with Gasteiger partial charge in [-0.15, -0.1) is 0 Å². The van der Waals surface area contributed by atoms with E-state index >= 15 is 0 Å². The number of alkyl halides is 9. The molecule has 0 saturated heterocycles. The van der Waals surface area contributed by atoms with Gasteiger partial charge in [-0.25, -0.2) is 4.99 Å². The van der Waals surface area contributed by atoms with Crippen molar-refractivity contribution in [3.05, 3.63) is 89.0 Å². The van der Waals surface area contributed by atoms with Gasteiger partial charge in [0, 0.05) is 5.56 Å². The first-order valence-electron chi connectivity index (χ1n) is 12.0. The van der Waals surface area contributed by atoms with E-state index in [1.54, 1.807) is 0 Å². The average Bonchev–Trinajstić information content (AvgIpc) is 3.38. The second kappa shape index (κ2) is 12.2. The normalized spacial score (nSPS) is 14.1. The van der Waals surface area contributed by atoms with Crippen molar-refractivity contribution in [2.45, 2.75) is 39.3 Å². The van der Waals surface area contributed by atoms with Crippen molar-refractivity contribution in [2.24, 2.45) is 10.9 Å². The van der Waals surface area contributed by atoms with Gasteiger partial charge in [-0.2, -0.15) is 39.5 Å². The van der Waals surface area contributed by atoms with Crippen LogP contribution in [0.1, 0.15) is 43.0 Å². The monoisotopic (exact) mass is 593 g/mol. The summed E-state index contributed by atoms with van der Waals surface area (Å²) in [5, 5.41) is 0.827. The minimum Gasteiger partial charge on any atom is -0.475 e. The Hall–Kier alpha value is -3.07. The van der Waals surface area contributed by atoms with E-state index < -0.39 is 43.1 Å². The number of nitrogens with zero attached hydrogens (tertiary/aromatic N) is 1. The second-order valence-electron chi connectivity index (χ2n) is 9.42. The van der Waals surface area contributed by atoms with Gasteiger partial charge < -0.3 is 4.74 Å². The predicted molar refractivity (Wildman–Crippen MR) is 138 cm³/mol. The standard InChI is InChI=1S/C24H15F9NOP.C4H10/c25-22(26,27)14-1-6-17(7-2-14)36(18-8-3-15(4-9-18)23(28,29)30)20-10-5-16(24(31,32)33)13-19(20)21-34-11-12-35-21;1-4(2)3/h1-10,13H,11-12H2;4H,1-3H3. The van der Waals surface area contributed by atoms with Crippen molar-refractivity contribution >= 4 is 29.7 Å². The third kappa shape index (κ3) is 7.99. The minimum absolute atomic E-state index is 0.0202. The lowest BCUT2D eigenvalue weighted by atomic mass is 10.1. The smallest absolute Gasteiger partial charge is 0.416 e. The fourth-order valence-corrected chi connectivity index (χ4v) is 5.98. The van der Waals surface area contributed by atoms with E-state index in [4.69, 9.17) is 4.74 Å². The van der Waals surface area contributed by atoms with Crippen LogP contribution < -0.4 is 15.9 Å². The molecule has 1 aliphatic heterocycles.